The predicted molar refractivity (Wildman–Crippen MR) is 120 cm³/mol. The van der Waals surface area contributed by atoms with Crippen molar-refractivity contribution in [2.75, 3.05) is 26.2 Å². The fourth-order valence-corrected chi connectivity index (χ4v) is 5.56. The number of likely N-dealkylation sites (tertiary alicyclic amines) is 2. The van der Waals surface area contributed by atoms with E-state index in [4.69, 9.17) is 0 Å². The Labute approximate surface area is 181 Å². The smallest absolute Gasteiger partial charge is 0.222 e. The Morgan fingerprint density at radius 3 is 2.70 bits per heavy atom. The number of aromatic nitrogens is 2. The minimum absolute atomic E-state index is 0.290. The van der Waals surface area contributed by atoms with Crippen molar-refractivity contribution in [3.63, 3.8) is 0 Å². The van der Waals surface area contributed by atoms with Gasteiger partial charge in [-0.25, -0.2) is 0 Å². The van der Waals surface area contributed by atoms with Crippen LogP contribution in [0, 0.1) is 26.2 Å². The van der Waals surface area contributed by atoms with Crippen LogP contribution in [0.1, 0.15) is 53.8 Å². The molecule has 1 amide bonds. The molecule has 1 atom stereocenters. The number of nitrogens with zero attached hydrogens (tertiary/aromatic N) is 4. The van der Waals surface area contributed by atoms with Crippen molar-refractivity contribution in [3.05, 3.63) is 52.3 Å². The number of carbonyl (C=O) groups is 1. The average molecular weight is 409 g/mol. The molecule has 5 heteroatoms. The van der Waals surface area contributed by atoms with E-state index in [1.165, 1.54) is 41.8 Å². The SMILES string of the molecule is Cc1cccc(CN2CCCC3(CCN(C(=O)CCc4c(C)nn(C)c4C)C3)C2)c1. The van der Waals surface area contributed by atoms with Gasteiger partial charge in [0.15, 0.2) is 0 Å². The van der Waals surface area contributed by atoms with E-state index < -0.39 is 0 Å². The molecule has 3 heterocycles. The number of hydrogen-bond donors (Lipinski definition) is 0. The summed E-state index contributed by atoms with van der Waals surface area (Å²) in [4.78, 5) is 17.7. The van der Waals surface area contributed by atoms with E-state index in [1.807, 2.05) is 18.7 Å². The summed E-state index contributed by atoms with van der Waals surface area (Å²) in [5.74, 6) is 0.310. The lowest BCUT2D eigenvalue weighted by molar-refractivity contribution is -0.130. The lowest BCUT2D eigenvalue weighted by Crippen LogP contribution is -2.45. The Hall–Kier alpha value is -2.14. The van der Waals surface area contributed by atoms with E-state index in [0.717, 1.165) is 44.7 Å². The minimum atomic E-state index is 0.290. The second-order valence-electron chi connectivity index (χ2n) is 9.64. The Morgan fingerprint density at radius 2 is 1.97 bits per heavy atom. The summed E-state index contributed by atoms with van der Waals surface area (Å²) in [6.45, 7) is 11.5. The van der Waals surface area contributed by atoms with Gasteiger partial charge in [-0.2, -0.15) is 5.10 Å². The number of aryl methyl sites for hydroxylation is 3. The van der Waals surface area contributed by atoms with E-state index in [-0.39, 0.29) is 5.41 Å². The van der Waals surface area contributed by atoms with E-state index in [0.29, 0.717) is 12.3 Å². The molecule has 1 aromatic heterocycles. The maximum absolute atomic E-state index is 13.0. The highest BCUT2D eigenvalue weighted by Gasteiger charge is 2.42. The Balaban J connectivity index is 1.33. The van der Waals surface area contributed by atoms with Crippen molar-refractivity contribution in [1.82, 2.24) is 19.6 Å². The lowest BCUT2D eigenvalue weighted by atomic mass is 9.79. The molecule has 2 aromatic rings. The number of hydrogen-bond acceptors (Lipinski definition) is 3. The maximum Gasteiger partial charge on any atom is 0.222 e. The van der Waals surface area contributed by atoms with E-state index >= 15 is 0 Å². The molecule has 0 aliphatic carbocycles. The minimum Gasteiger partial charge on any atom is -0.342 e. The number of piperidine rings is 1. The van der Waals surface area contributed by atoms with Gasteiger partial charge in [0, 0.05) is 50.8 Å². The molecule has 1 unspecified atom stereocenters. The molecule has 0 saturated carbocycles. The van der Waals surface area contributed by atoms with Gasteiger partial charge in [-0.05, 0) is 64.1 Å². The summed E-state index contributed by atoms with van der Waals surface area (Å²) in [6, 6.07) is 8.86. The summed E-state index contributed by atoms with van der Waals surface area (Å²) in [5, 5.41) is 4.49. The van der Waals surface area contributed by atoms with Gasteiger partial charge in [-0.1, -0.05) is 29.8 Å². The molecule has 1 spiro atoms. The van der Waals surface area contributed by atoms with Crippen LogP contribution in [0.5, 0.6) is 0 Å². The molecule has 0 bridgehead atoms. The quantitative estimate of drug-likeness (QED) is 0.756. The summed E-state index contributed by atoms with van der Waals surface area (Å²) in [5.41, 5.74) is 6.49. The number of carbonyl (C=O) groups excluding carboxylic acids is 1. The first-order valence-electron chi connectivity index (χ1n) is 11.4. The van der Waals surface area contributed by atoms with Crippen LogP contribution in [0.2, 0.25) is 0 Å². The van der Waals surface area contributed by atoms with Gasteiger partial charge in [-0.15, -0.1) is 0 Å². The number of benzene rings is 1. The number of amides is 1. The molecule has 1 aromatic carbocycles. The van der Waals surface area contributed by atoms with Crippen LogP contribution in [0.15, 0.2) is 24.3 Å². The zero-order valence-corrected chi connectivity index (χ0v) is 19.1. The Morgan fingerprint density at radius 1 is 1.13 bits per heavy atom. The topological polar surface area (TPSA) is 41.4 Å². The van der Waals surface area contributed by atoms with E-state index in [1.54, 1.807) is 0 Å². The van der Waals surface area contributed by atoms with Gasteiger partial charge in [-0.3, -0.25) is 14.4 Å². The van der Waals surface area contributed by atoms with Gasteiger partial charge in [0.2, 0.25) is 5.91 Å². The van der Waals surface area contributed by atoms with Gasteiger partial charge in [0.05, 0.1) is 5.69 Å². The van der Waals surface area contributed by atoms with Crippen molar-refractivity contribution in [3.8, 4) is 0 Å². The standard InChI is InChI=1S/C25H36N4O/c1-19-7-5-8-22(15-19)16-28-13-6-11-25(17-28)12-14-29(18-25)24(30)10-9-23-20(2)26-27(4)21(23)3/h5,7-8,15H,6,9-14,16-18H2,1-4H3. The average Bonchev–Trinajstić information content (AvgIpc) is 3.21. The zero-order chi connectivity index (χ0) is 21.3. The first-order valence-corrected chi connectivity index (χ1v) is 11.4. The molecule has 4 rings (SSSR count). The molecule has 5 nitrogen and oxygen atoms in total. The molecular formula is C25H36N4O. The highest BCUT2D eigenvalue weighted by Crippen LogP contribution is 2.39. The van der Waals surface area contributed by atoms with Crippen LogP contribution >= 0.6 is 0 Å². The molecule has 30 heavy (non-hydrogen) atoms. The van der Waals surface area contributed by atoms with Gasteiger partial charge in [0.25, 0.3) is 0 Å². The first kappa shape index (κ1) is 21.1. The van der Waals surface area contributed by atoms with Crippen molar-refractivity contribution in [2.45, 2.75) is 59.4 Å². The van der Waals surface area contributed by atoms with Crippen LogP contribution in [0.4, 0.5) is 0 Å². The molecule has 2 aliphatic heterocycles. The van der Waals surface area contributed by atoms with Crippen molar-refractivity contribution >= 4 is 5.91 Å². The molecular weight excluding hydrogens is 372 g/mol. The Bertz CT molecular complexity index is 918. The molecule has 162 valence electrons. The van der Waals surface area contributed by atoms with Gasteiger partial charge >= 0.3 is 0 Å². The number of rotatable bonds is 5. The predicted octanol–water partition coefficient (Wildman–Crippen LogP) is 3.79. The van der Waals surface area contributed by atoms with Crippen LogP contribution in [-0.4, -0.2) is 51.7 Å². The van der Waals surface area contributed by atoms with E-state index in [9.17, 15) is 4.79 Å². The summed E-state index contributed by atoms with van der Waals surface area (Å²) in [7, 11) is 1.98. The second-order valence-corrected chi connectivity index (χ2v) is 9.64. The van der Waals surface area contributed by atoms with Crippen LogP contribution < -0.4 is 0 Å². The third-order valence-electron chi connectivity index (χ3n) is 7.27. The van der Waals surface area contributed by atoms with Gasteiger partial charge in [0.1, 0.15) is 0 Å². The highest BCUT2D eigenvalue weighted by atomic mass is 16.2. The van der Waals surface area contributed by atoms with Crippen LogP contribution in [0.25, 0.3) is 0 Å². The maximum atomic E-state index is 13.0. The fraction of sp³-hybridized carbons (Fsp3) is 0.600. The molecule has 2 saturated heterocycles. The fourth-order valence-electron chi connectivity index (χ4n) is 5.56. The van der Waals surface area contributed by atoms with Crippen molar-refractivity contribution in [2.24, 2.45) is 12.5 Å². The lowest BCUT2D eigenvalue weighted by Gasteiger charge is -2.40. The monoisotopic (exact) mass is 408 g/mol. The van der Waals surface area contributed by atoms with Crippen molar-refractivity contribution in [1.29, 1.82) is 0 Å². The normalized spacial score (nSPS) is 22.2. The van der Waals surface area contributed by atoms with Gasteiger partial charge < -0.3 is 4.90 Å². The molecule has 0 N–H and O–H groups in total. The van der Waals surface area contributed by atoms with Crippen LogP contribution in [0.3, 0.4) is 0 Å². The highest BCUT2D eigenvalue weighted by molar-refractivity contribution is 5.77. The molecule has 0 radical (unpaired) electrons. The van der Waals surface area contributed by atoms with Crippen LogP contribution in [-0.2, 0) is 24.8 Å². The van der Waals surface area contributed by atoms with Crippen molar-refractivity contribution < 1.29 is 4.79 Å². The molecule has 2 fully saturated rings. The summed E-state index contributed by atoms with van der Waals surface area (Å²) >= 11 is 0. The van der Waals surface area contributed by atoms with E-state index in [2.05, 4.69) is 53.0 Å². The largest absolute Gasteiger partial charge is 0.342 e. The third kappa shape index (κ3) is 4.46. The summed E-state index contributed by atoms with van der Waals surface area (Å²) in [6.07, 6.45) is 5.03. The Kier molecular flexibility index (Phi) is 6.01. The first-order chi connectivity index (χ1) is 14.3. The summed E-state index contributed by atoms with van der Waals surface area (Å²) < 4.78 is 1.92. The zero-order valence-electron chi connectivity index (χ0n) is 19.1. The third-order valence-corrected chi connectivity index (χ3v) is 7.27. The second kappa shape index (κ2) is 8.54. The molecule has 2 aliphatic rings.